The summed E-state index contributed by atoms with van der Waals surface area (Å²) in [5, 5.41) is 14.7. The van der Waals surface area contributed by atoms with E-state index >= 15 is 0 Å². The zero-order valence-electron chi connectivity index (χ0n) is 13.9. The maximum atomic E-state index is 8.91. The zero-order chi connectivity index (χ0) is 16.8. The molecule has 5 heteroatoms. The monoisotopic (exact) mass is 341 g/mol. The van der Waals surface area contributed by atoms with E-state index in [9.17, 15) is 0 Å². The summed E-state index contributed by atoms with van der Waals surface area (Å²) >= 11 is 1.82. The lowest BCUT2D eigenvalue weighted by Crippen LogP contribution is -2.42. The highest BCUT2D eigenvalue weighted by Gasteiger charge is 2.23. The minimum atomic E-state index is 0.251. The van der Waals surface area contributed by atoms with Gasteiger partial charge in [-0.3, -0.25) is 4.90 Å². The van der Waals surface area contributed by atoms with Gasteiger partial charge >= 0.3 is 0 Å². The molecule has 24 heavy (non-hydrogen) atoms. The lowest BCUT2D eigenvalue weighted by Gasteiger charge is -2.34. The number of hydrogen-bond donors (Lipinski definition) is 1. The Balaban J connectivity index is 1.65. The molecule has 1 aliphatic rings. The normalized spacial score (nSPS) is 18.0. The average Bonchev–Trinajstić information content (AvgIpc) is 3.17. The first-order valence-corrected chi connectivity index (χ1v) is 9.24. The van der Waals surface area contributed by atoms with Crippen LogP contribution in [0.3, 0.4) is 0 Å². The van der Waals surface area contributed by atoms with Crippen molar-refractivity contribution < 1.29 is 4.74 Å². The summed E-state index contributed by atoms with van der Waals surface area (Å²) in [6.07, 6.45) is 0. The Kier molecular flexibility index (Phi) is 6.00. The maximum absolute atomic E-state index is 8.91. The number of thiophene rings is 1. The topological polar surface area (TPSA) is 48.3 Å². The van der Waals surface area contributed by atoms with Crippen LogP contribution in [0.2, 0.25) is 0 Å². The number of morpholine rings is 1. The summed E-state index contributed by atoms with van der Waals surface area (Å²) in [6.45, 7) is 6.67. The largest absolute Gasteiger partial charge is 0.379 e. The Labute approximate surface area is 147 Å². The van der Waals surface area contributed by atoms with Gasteiger partial charge in [-0.2, -0.15) is 5.26 Å². The average molecular weight is 341 g/mol. The second-order valence-corrected chi connectivity index (χ2v) is 7.02. The van der Waals surface area contributed by atoms with Crippen molar-refractivity contribution in [2.45, 2.75) is 19.0 Å². The summed E-state index contributed by atoms with van der Waals surface area (Å²) < 4.78 is 5.50. The third kappa shape index (κ3) is 4.22. The molecule has 1 aromatic carbocycles. The zero-order valence-corrected chi connectivity index (χ0v) is 14.8. The van der Waals surface area contributed by atoms with E-state index in [2.05, 4.69) is 40.7 Å². The first-order valence-electron chi connectivity index (χ1n) is 8.36. The van der Waals surface area contributed by atoms with E-state index in [1.54, 1.807) is 0 Å². The van der Waals surface area contributed by atoms with Gasteiger partial charge in [-0.25, -0.2) is 0 Å². The van der Waals surface area contributed by atoms with E-state index in [4.69, 9.17) is 10.00 Å². The number of rotatable bonds is 6. The highest BCUT2D eigenvalue weighted by Crippen LogP contribution is 2.26. The molecule has 2 atom stereocenters. The Morgan fingerprint density at radius 1 is 1.25 bits per heavy atom. The van der Waals surface area contributed by atoms with Crippen molar-refractivity contribution in [1.82, 2.24) is 10.2 Å². The Bertz CT molecular complexity index is 657. The van der Waals surface area contributed by atoms with Crippen molar-refractivity contribution in [1.29, 1.82) is 5.26 Å². The highest BCUT2D eigenvalue weighted by molar-refractivity contribution is 7.10. The predicted octanol–water partition coefficient (Wildman–Crippen LogP) is 3.34. The number of nitriles is 1. The summed E-state index contributed by atoms with van der Waals surface area (Å²) in [5.74, 6) is 0. The molecule has 0 saturated carbocycles. The molecule has 1 N–H and O–H groups in total. The van der Waals surface area contributed by atoms with Crippen LogP contribution in [0.15, 0.2) is 41.8 Å². The minimum Gasteiger partial charge on any atom is -0.379 e. The van der Waals surface area contributed by atoms with Crippen molar-refractivity contribution in [3.63, 3.8) is 0 Å². The molecule has 0 aliphatic carbocycles. The van der Waals surface area contributed by atoms with Crippen molar-refractivity contribution >= 4 is 11.3 Å². The fraction of sp³-hybridized carbons (Fsp3) is 0.421. The standard InChI is InChI=1S/C19H23N3OS/c1-15(17-6-4-16(13-20)5-7-17)21-14-18(19-3-2-12-24-19)22-8-10-23-11-9-22/h2-7,12,15,18,21H,8-11,14H2,1H3/t15-,18+/m1/s1. The summed E-state index contributed by atoms with van der Waals surface area (Å²) in [6, 6.07) is 15.0. The number of nitrogens with zero attached hydrogens (tertiary/aromatic N) is 2. The molecule has 0 unspecified atom stereocenters. The molecule has 2 heterocycles. The van der Waals surface area contributed by atoms with Crippen LogP contribution in [0.25, 0.3) is 0 Å². The van der Waals surface area contributed by atoms with E-state index in [0.29, 0.717) is 11.6 Å². The van der Waals surface area contributed by atoms with Gasteiger partial charge in [0.25, 0.3) is 0 Å². The second kappa shape index (κ2) is 8.41. The summed E-state index contributed by atoms with van der Waals surface area (Å²) in [4.78, 5) is 3.91. The lowest BCUT2D eigenvalue weighted by atomic mass is 10.1. The third-order valence-electron chi connectivity index (χ3n) is 4.52. The van der Waals surface area contributed by atoms with Gasteiger partial charge in [-0.15, -0.1) is 11.3 Å². The molecule has 3 rings (SSSR count). The fourth-order valence-corrected chi connectivity index (χ4v) is 3.89. The molecular weight excluding hydrogens is 318 g/mol. The van der Waals surface area contributed by atoms with Crippen LogP contribution in [-0.4, -0.2) is 37.7 Å². The highest BCUT2D eigenvalue weighted by atomic mass is 32.1. The predicted molar refractivity (Wildman–Crippen MR) is 97.0 cm³/mol. The molecule has 2 aromatic rings. The van der Waals surface area contributed by atoms with Gasteiger partial charge in [0.2, 0.25) is 0 Å². The van der Waals surface area contributed by atoms with Gasteiger partial charge in [0.1, 0.15) is 0 Å². The summed E-state index contributed by atoms with van der Waals surface area (Å²) in [5.41, 5.74) is 1.91. The van der Waals surface area contributed by atoms with Gasteiger partial charge in [0.05, 0.1) is 30.9 Å². The van der Waals surface area contributed by atoms with Crippen LogP contribution >= 0.6 is 11.3 Å². The lowest BCUT2D eigenvalue weighted by molar-refractivity contribution is 0.0164. The quantitative estimate of drug-likeness (QED) is 0.875. The van der Waals surface area contributed by atoms with Gasteiger partial charge in [-0.05, 0) is 36.1 Å². The smallest absolute Gasteiger partial charge is 0.0991 e. The number of hydrogen-bond acceptors (Lipinski definition) is 5. The van der Waals surface area contributed by atoms with Crippen molar-refractivity contribution in [3.8, 4) is 6.07 Å². The number of benzene rings is 1. The molecule has 0 radical (unpaired) electrons. The van der Waals surface area contributed by atoms with E-state index in [0.717, 1.165) is 32.8 Å². The van der Waals surface area contributed by atoms with Crippen LogP contribution in [0.1, 0.15) is 35.0 Å². The van der Waals surface area contributed by atoms with E-state index in [-0.39, 0.29) is 6.04 Å². The third-order valence-corrected chi connectivity index (χ3v) is 5.49. The van der Waals surface area contributed by atoms with Crippen molar-refractivity contribution in [2.75, 3.05) is 32.8 Å². The Hall–Kier alpha value is -1.71. The molecule has 1 aromatic heterocycles. The molecule has 0 amide bonds. The first kappa shape index (κ1) is 17.1. The molecule has 1 aliphatic heterocycles. The molecule has 0 spiro atoms. The van der Waals surface area contributed by atoms with Crippen molar-refractivity contribution in [3.05, 3.63) is 57.8 Å². The maximum Gasteiger partial charge on any atom is 0.0991 e. The van der Waals surface area contributed by atoms with Gasteiger partial charge < -0.3 is 10.1 Å². The first-order chi connectivity index (χ1) is 11.8. The van der Waals surface area contributed by atoms with Crippen LogP contribution in [-0.2, 0) is 4.74 Å². The fourth-order valence-electron chi connectivity index (χ4n) is 3.03. The minimum absolute atomic E-state index is 0.251. The number of nitrogens with one attached hydrogen (secondary N) is 1. The summed E-state index contributed by atoms with van der Waals surface area (Å²) in [7, 11) is 0. The van der Waals surface area contributed by atoms with Crippen molar-refractivity contribution in [2.24, 2.45) is 0 Å². The molecule has 4 nitrogen and oxygen atoms in total. The SMILES string of the molecule is C[C@@H](NC[C@@H](c1cccs1)N1CCOCC1)c1ccc(C#N)cc1. The van der Waals surface area contributed by atoms with E-state index < -0.39 is 0 Å². The van der Waals surface area contributed by atoms with Crippen LogP contribution in [0.5, 0.6) is 0 Å². The van der Waals surface area contributed by atoms with Crippen LogP contribution in [0.4, 0.5) is 0 Å². The molecular formula is C19H23N3OS. The molecule has 1 saturated heterocycles. The van der Waals surface area contributed by atoms with E-state index in [1.807, 2.05) is 35.6 Å². The Morgan fingerprint density at radius 2 is 2.00 bits per heavy atom. The number of ether oxygens (including phenoxy) is 1. The van der Waals surface area contributed by atoms with Crippen LogP contribution < -0.4 is 5.32 Å². The second-order valence-electron chi connectivity index (χ2n) is 6.04. The van der Waals surface area contributed by atoms with Gasteiger partial charge in [0.15, 0.2) is 0 Å². The van der Waals surface area contributed by atoms with Gasteiger partial charge in [0, 0.05) is 30.6 Å². The van der Waals surface area contributed by atoms with Crippen LogP contribution in [0, 0.1) is 11.3 Å². The molecule has 126 valence electrons. The molecule has 1 fully saturated rings. The Morgan fingerprint density at radius 3 is 2.62 bits per heavy atom. The molecule has 0 bridgehead atoms. The van der Waals surface area contributed by atoms with Gasteiger partial charge in [-0.1, -0.05) is 18.2 Å². The van der Waals surface area contributed by atoms with E-state index in [1.165, 1.54) is 10.4 Å².